The van der Waals surface area contributed by atoms with Gasteiger partial charge in [-0.25, -0.2) is 0 Å². The van der Waals surface area contributed by atoms with Crippen molar-refractivity contribution in [3.05, 3.63) is 12.1 Å². The van der Waals surface area contributed by atoms with Crippen molar-refractivity contribution >= 4 is 11.4 Å². The van der Waals surface area contributed by atoms with Crippen molar-refractivity contribution in [1.82, 2.24) is 0 Å². The SMILES string of the molecule is CCCC(COC)Nc1cc2c(cc1N)OCCO2. The van der Waals surface area contributed by atoms with Crippen molar-refractivity contribution in [2.75, 3.05) is 38.0 Å². The van der Waals surface area contributed by atoms with Crippen molar-refractivity contribution < 1.29 is 14.2 Å². The molecule has 5 nitrogen and oxygen atoms in total. The summed E-state index contributed by atoms with van der Waals surface area (Å²) in [6.07, 6.45) is 2.12. The standard InChI is InChI=1S/C14H22N2O3/c1-3-4-10(9-17-2)16-12-8-14-13(7-11(12)15)18-5-6-19-14/h7-8,10,16H,3-6,9,15H2,1-2H3. The van der Waals surface area contributed by atoms with E-state index in [1.54, 1.807) is 7.11 Å². The lowest BCUT2D eigenvalue weighted by Crippen LogP contribution is -2.25. The highest BCUT2D eigenvalue weighted by Crippen LogP contribution is 2.37. The molecule has 3 N–H and O–H groups in total. The van der Waals surface area contributed by atoms with Gasteiger partial charge in [0.15, 0.2) is 11.5 Å². The molecule has 0 saturated heterocycles. The molecule has 0 bridgehead atoms. The van der Waals surface area contributed by atoms with Crippen LogP contribution >= 0.6 is 0 Å². The van der Waals surface area contributed by atoms with Crippen molar-refractivity contribution in [1.29, 1.82) is 0 Å². The van der Waals surface area contributed by atoms with Gasteiger partial charge < -0.3 is 25.3 Å². The zero-order chi connectivity index (χ0) is 13.7. The van der Waals surface area contributed by atoms with Gasteiger partial charge in [-0.2, -0.15) is 0 Å². The molecule has 1 aliphatic heterocycles. The minimum Gasteiger partial charge on any atom is -0.486 e. The number of benzene rings is 1. The largest absolute Gasteiger partial charge is 0.486 e. The summed E-state index contributed by atoms with van der Waals surface area (Å²) >= 11 is 0. The van der Waals surface area contributed by atoms with Crippen molar-refractivity contribution in [2.24, 2.45) is 0 Å². The van der Waals surface area contributed by atoms with Gasteiger partial charge in [-0.1, -0.05) is 13.3 Å². The molecule has 0 aliphatic carbocycles. The van der Waals surface area contributed by atoms with Crippen LogP contribution in [0.1, 0.15) is 19.8 Å². The van der Waals surface area contributed by atoms with Crippen LogP contribution in [0.5, 0.6) is 11.5 Å². The molecule has 1 atom stereocenters. The third-order valence-electron chi connectivity index (χ3n) is 3.08. The fraction of sp³-hybridized carbons (Fsp3) is 0.571. The first-order valence-electron chi connectivity index (χ1n) is 6.69. The number of nitrogens with one attached hydrogen (secondary N) is 1. The average molecular weight is 266 g/mol. The first-order valence-corrected chi connectivity index (χ1v) is 6.69. The smallest absolute Gasteiger partial charge is 0.163 e. The highest BCUT2D eigenvalue weighted by molar-refractivity contribution is 5.72. The lowest BCUT2D eigenvalue weighted by molar-refractivity contribution is 0.171. The maximum absolute atomic E-state index is 6.05. The summed E-state index contributed by atoms with van der Waals surface area (Å²) in [6, 6.07) is 3.97. The van der Waals surface area contributed by atoms with Crippen LogP contribution in [0, 0.1) is 0 Å². The predicted molar refractivity (Wildman–Crippen MR) is 76.0 cm³/mol. The zero-order valence-electron chi connectivity index (χ0n) is 11.6. The number of methoxy groups -OCH3 is 1. The molecule has 2 rings (SSSR count). The lowest BCUT2D eigenvalue weighted by atomic mass is 10.1. The Morgan fingerprint density at radius 3 is 2.63 bits per heavy atom. The monoisotopic (exact) mass is 266 g/mol. The molecule has 0 saturated carbocycles. The van der Waals surface area contributed by atoms with E-state index in [1.165, 1.54) is 0 Å². The molecule has 0 amide bonds. The van der Waals surface area contributed by atoms with Crippen LogP contribution in [0.3, 0.4) is 0 Å². The van der Waals surface area contributed by atoms with Crippen LogP contribution < -0.4 is 20.5 Å². The fourth-order valence-electron chi connectivity index (χ4n) is 2.20. The van der Waals surface area contributed by atoms with E-state index in [2.05, 4.69) is 12.2 Å². The molecule has 0 aromatic heterocycles. The summed E-state index contributed by atoms with van der Waals surface area (Å²) in [5, 5.41) is 3.41. The highest BCUT2D eigenvalue weighted by atomic mass is 16.6. The van der Waals surface area contributed by atoms with Gasteiger partial charge in [0.25, 0.3) is 0 Å². The Kier molecular flexibility index (Phi) is 4.74. The van der Waals surface area contributed by atoms with Crippen LogP contribution in [0.15, 0.2) is 12.1 Å². The van der Waals surface area contributed by atoms with Crippen LogP contribution in [-0.2, 0) is 4.74 Å². The Morgan fingerprint density at radius 2 is 2.00 bits per heavy atom. The van der Waals surface area contributed by atoms with Gasteiger partial charge in [0.2, 0.25) is 0 Å². The molecule has 0 fully saturated rings. The summed E-state index contributed by atoms with van der Waals surface area (Å²) in [4.78, 5) is 0. The summed E-state index contributed by atoms with van der Waals surface area (Å²) in [7, 11) is 1.71. The number of hydrogen-bond acceptors (Lipinski definition) is 5. The first-order chi connectivity index (χ1) is 9.24. The maximum atomic E-state index is 6.05. The Morgan fingerprint density at radius 1 is 1.32 bits per heavy atom. The maximum Gasteiger partial charge on any atom is 0.163 e. The lowest BCUT2D eigenvalue weighted by Gasteiger charge is -2.23. The van der Waals surface area contributed by atoms with Crippen LogP contribution in [-0.4, -0.2) is 33.0 Å². The molecule has 19 heavy (non-hydrogen) atoms. The molecule has 1 heterocycles. The molecule has 5 heteroatoms. The second-order valence-electron chi connectivity index (χ2n) is 4.67. The zero-order valence-corrected chi connectivity index (χ0v) is 11.6. The predicted octanol–water partition coefficient (Wildman–Crippen LogP) is 2.27. The topological polar surface area (TPSA) is 65.7 Å². The number of ether oxygens (including phenoxy) is 3. The van der Waals surface area contributed by atoms with E-state index in [0.717, 1.165) is 24.3 Å². The Bertz CT molecular complexity index is 417. The van der Waals surface area contributed by atoms with E-state index in [4.69, 9.17) is 19.9 Å². The van der Waals surface area contributed by atoms with E-state index >= 15 is 0 Å². The highest BCUT2D eigenvalue weighted by Gasteiger charge is 2.16. The Labute approximate surface area is 114 Å². The van der Waals surface area contributed by atoms with Crippen molar-refractivity contribution in [2.45, 2.75) is 25.8 Å². The summed E-state index contributed by atoms with van der Waals surface area (Å²) < 4.78 is 16.3. The number of nitrogens with two attached hydrogens (primary N) is 1. The van der Waals surface area contributed by atoms with Gasteiger partial charge in [-0.15, -0.1) is 0 Å². The third kappa shape index (κ3) is 3.44. The first kappa shape index (κ1) is 13.8. The quantitative estimate of drug-likeness (QED) is 0.773. The summed E-state index contributed by atoms with van der Waals surface area (Å²) in [5.41, 5.74) is 7.59. The second-order valence-corrected chi connectivity index (χ2v) is 4.67. The molecule has 1 aliphatic rings. The molecule has 1 aromatic rings. The van der Waals surface area contributed by atoms with Crippen LogP contribution in [0.2, 0.25) is 0 Å². The minimum atomic E-state index is 0.250. The number of rotatable bonds is 6. The number of fused-ring (bicyclic) bond motifs is 1. The van der Waals surface area contributed by atoms with Gasteiger partial charge >= 0.3 is 0 Å². The Balaban J connectivity index is 2.14. The Hall–Kier alpha value is -1.62. The molecule has 106 valence electrons. The molecular formula is C14H22N2O3. The van der Waals surface area contributed by atoms with E-state index in [-0.39, 0.29) is 6.04 Å². The summed E-state index contributed by atoms with van der Waals surface area (Å²) in [5.74, 6) is 1.46. The van der Waals surface area contributed by atoms with E-state index < -0.39 is 0 Å². The molecule has 0 spiro atoms. The minimum absolute atomic E-state index is 0.250. The normalized spacial score (nSPS) is 15.1. The van der Waals surface area contributed by atoms with Crippen LogP contribution in [0.4, 0.5) is 11.4 Å². The molecule has 0 radical (unpaired) electrons. The molecule has 1 unspecified atom stereocenters. The third-order valence-corrected chi connectivity index (χ3v) is 3.08. The van der Waals surface area contributed by atoms with E-state index in [9.17, 15) is 0 Å². The van der Waals surface area contributed by atoms with E-state index in [1.807, 2.05) is 12.1 Å². The number of nitrogen functional groups attached to an aromatic ring is 1. The number of anilines is 2. The molecular weight excluding hydrogens is 244 g/mol. The van der Waals surface area contributed by atoms with Gasteiger partial charge in [0.05, 0.1) is 18.0 Å². The average Bonchev–Trinajstić information content (AvgIpc) is 2.40. The second kappa shape index (κ2) is 6.52. The molecule has 1 aromatic carbocycles. The summed E-state index contributed by atoms with van der Waals surface area (Å²) in [6.45, 7) is 3.95. The van der Waals surface area contributed by atoms with Crippen molar-refractivity contribution in [3.63, 3.8) is 0 Å². The van der Waals surface area contributed by atoms with Gasteiger partial charge in [-0.3, -0.25) is 0 Å². The van der Waals surface area contributed by atoms with Gasteiger partial charge in [0.1, 0.15) is 13.2 Å². The number of hydrogen-bond donors (Lipinski definition) is 2. The van der Waals surface area contributed by atoms with Gasteiger partial charge in [0, 0.05) is 25.3 Å². The van der Waals surface area contributed by atoms with Crippen LogP contribution in [0.25, 0.3) is 0 Å². The van der Waals surface area contributed by atoms with Crippen molar-refractivity contribution in [3.8, 4) is 11.5 Å². The van der Waals surface area contributed by atoms with Gasteiger partial charge in [-0.05, 0) is 6.42 Å². The fourth-order valence-corrected chi connectivity index (χ4v) is 2.20. The van der Waals surface area contributed by atoms with E-state index in [0.29, 0.717) is 31.3 Å².